The van der Waals surface area contributed by atoms with Crippen molar-refractivity contribution in [3.8, 4) is 5.75 Å². The highest BCUT2D eigenvalue weighted by atomic mass is 35.5. The van der Waals surface area contributed by atoms with Crippen molar-refractivity contribution in [3.05, 3.63) is 47.3 Å². The molecule has 0 spiro atoms. The maximum absolute atomic E-state index is 14.2. The predicted octanol–water partition coefficient (Wildman–Crippen LogP) is 6.03. The van der Waals surface area contributed by atoms with Crippen molar-refractivity contribution in [3.63, 3.8) is 0 Å². The Morgan fingerprint density at radius 2 is 2.29 bits per heavy atom. The van der Waals surface area contributed by atoms with Gasteiger partial charge in [0.1, 0.15) is 0 Å². The van der Waals surface area contributed by atoms with Crippen LogP contribution in [0.15, 0.2) is 30.9 Å². The Morgan fingerprint density at radius 3 is 2.90 bits per heavy atom. The molecule has 1 atom stereocenters. The van der Waals surface area contributed by atoms with Crippen LogP contribution in [0.2, 0.25) is 5.02 Å². The molecule has 0 aliphatic heterocycles. The molecule has 1 aromatic rings. The average Bonchev–Trinajstić information content (AvgIpc) is 2.51. The van der Waals surface area contributed by atoms with E-state index < -0.39 is 5.82 Å². The zero-order valence-electron chi connectivity index (χ0n) is 12.5. The van der Waals surface area contributed by atoms with Crippen LogP contribution in [0.3, 0.4) is 0 Å². The monoisotopic (exact) mass is 308 g/mol. The first-order valence-electron chi connectivity index (χ1n) is 7.58. The summed E-state index contributed by atoms with van der Waals surface area (Å²) in [7, 11) is 0. The van der Waals surface area contributed by atoms with Crippen LogP contribution < -0.4 is 4.74 Å². The lowest BCUT2D eigenvalue weighted by molar-refractivity contribution is 0.321. The second-order valence-corrected chi connectivity index (χ2v) is 5.79. The van der Waals surface area contributed by atoms with Gasteiger partial charge in [-0.15, -0.1) is 6.58 Å². The first-order chi connectivity index (χ1) is 10.2. The molecule has 2 rings (SSSR count). The lowest BCUT2D eigenvalue weighted by Crippen LogP contribution is -2.06. The number of hydrogen-bond acceptors (Lipinski definition) is 1. The quantitative estimate of drug-likeness (QED) is 0.583. The van der Waals surface area contributed by atoms with Gasteiger partial charge in [-0.2, -0.15) is 0 Å². The predicted molar refractivity (Wildman–Crippen MR) is 87.3 cm³/mol. The van der Waals surface area contributed by atoms with Gasteiger partial charge in [-0.1, -0.05) is 23.8 Å². The number of hydrogen-bond donors (Lipinski definition) is 0. The van der Waals surface area contributed by atoms with Gasteiger partial charge in [0.2, 0.25) is 0 Å². The topological polar surface area (TPSA) is 9.23 Å². The fourth-order valence-corrected chi connectivity index (χ4v) is 3.07. The summed E-state index contributed by atoms with van der Waals surface area (Å²) in [5.41, 5.74) is 1.96. The molecule has 0 amide bonds. The Labute approximate surface area is 131 Å². The second kappa shape index (κ2) is 7.65. The smallest absolute Gasteiger partial charge is 0.184 e. The fraction of sp³-hybridized carbons (Fsp3) is 0.444. The summed E-state index contributed by atoms with van der Waals surface area (Å²) in [5, 5.41) is 0.178. The summed E-state index contributed by atoms with van der Waals surface area (Å²) in [5.74, 6) is 0.482. The van der Waals surface area contributed by atoms with E-state index in [2.05, 4.69) is 12.7 Å². The maximum Gasteiger partial charge on any atom is 0.184 e. The minimum Gasteiger partial charge on any atom is -0.491 e. The van der Waals surface area contributed by atoms with Gasteiger partial charge in [0, 0.05) is 0 Å². The minimum atomic E-state index is -0.453. The number of halogens is 2. The van der Waals surface area contributed by atoms with Crippen LogP contribution in [0.1, 0.15) is 44.6 Å². The Bertz CT molecular complexity index is 536. The largest absolute Gasteiger partial charge is 0.491 e. The normalized spacial score (nSPS) is 18.2. The summed E-state index contributed by atoms with van der Waals surface area (Å²) in [6.45, 7) is 6.02. The molecule has 1 aliphatic rings. The zero-order valence-corrected chi connectivity index (χ0v) is 13.3. The number of ether oxygens (including phenoxy) is 1. The molecule has 21 heavy (non-hydrogen) atoms. The zero-order chi connectivity index (χ0) is 15.2. The highest BCUT2D eigenvalue weighted by Crippen LogP contribution is 2.38. The van der Waals surface area contributed by atoms with E-state index in [1.807, 2.05) is 19.1 Å². The van der Waals surface area contributed by atoms with Crippen LogP contribution in [0, 0.1) is 11.7 Å². The maximum atomic E-state index is 14.2. The lowest BCUT2D eigenvalue weighted by Gasteiger charge is -2.22. The van der Waals surface area contributed by atoms with Crippen molar-refractivity contribution in [1.82, 2.24) is 0 Å². The molecule has 114 valence electrons. The number of benzene rings is 1. The van der Waals surface area contributed by atoms with Gasteiger partial charge in [0.15, 0.2) is 11.6 Å². The molecule has 0 fully saturated rings. The molecule has 0 N–H and O–H groups in total. The molecule has 0 aromatic heterocycles. The van der Waals surface area contributed by atoms with Gasteiger partial charge in [0.25, 0.3) is 0 Å². The first-order valence-corrected chi connectivity index (χ1v) is 7.96. The molecule has 0 heterocycles. The van der Waals surface area contributed by atoms with Gasteiger partial charge in [-0.3, -0.25) is 0 Å². The molecule has 0 saturated carbocycles. The Hall–Kier alpha value is -1.28. The minimum absolute atomic E-state index is 0.178. The van der Waals surface area contributed by atoms with E-state index in [0.717, 1.165) is 36.8 Å². The average molecular weight is 309 g/mol. The standard InChI is InChI=1S/C18H22ClFO/c1-3-5-6-13-7-9-14(10-8-13)15-11-12-16(21-4-2)18(20)17(15)19/h3,9,11-13H,1,4-8,10H2,2H3. The summed E-state index contributed by atoms with van der Waals surface area (Å²) in [4.78, 5) is 0. The van der Waals surface area contributed by atoms with Gasteiger partial charge >= 0.3 is 0 Å². The van der Waals surface area contributed by atoms with E-state index in [1.54, 1.807) is 6.07 Å². The van der Waals surface area contributed by atoms with Crippen molar-refractivity contribution in [2.75, 3.05) is 6.61 Å². The van der Waals surface area contributed by atoms with E-state index in [9.17, 15) is 4.39 Å². The van der Waals surface area contributed by atoms with Gasteiger partial charge in [-0.25, -0.2) is 4.39 Å². The van der Waals surface area contributed by atoms with Crippen molar-refractivity contribution in [2.45, 2.75) is 39.0 Å². The molecule has 1 unspecified atom stereocenters. The highest BCUT2D eigenvalue weighted by Gasteiger charge is 2.19. The van der Waals surface area contributed by atoms with Gasteiger partial charge in [0.05, 0.1) is 11.6 Å². The lowest BCUT2D eigenvalue weighted by atomic mass is 9.84. The van der Waals surface area contributed by atoms with Crippen molar-refractivity contribution >= 4 is 17.2 Å². The third kappa shape index (κ3) is 3.88. The third-order valence-electron chi connectivity index (χ3n) is 3.99. The number of allylic oxidation sites excluding steroid dienone is 3. The van der Waals surface area contributed by atoms with Gasteiger partial charge in [-0.05, 0) is 68.2 Å². The Kier molecular flexibility index (Phi) is 5.86. The van der Waals surface area contributed by atoms with Crippen LogP contribution in [-0.2, 0) is 0 Å². The van der Waals surface area contributed by atoms with Crippen molar-refractivity contribution in [2.24, 2.45) is 5.92 Å². The Morgan fingerprint density at radius 1 is 1.48 bits per heavy atom. The summed E-state index contributed by atoms with van der Waals surface area (Å²) < 4.78 is 19.4. The fourth-order valence-electron chi connectivity index (χ4n) is 2.80. The van der Waals surface area contributed by atoms with E-state index in [4.69, 9.17) is 16.3 Å². The Balaban J connectivity index is 2.14. The van der Waals surface area contributed by atoms with Crippen molar-refractivity contribution in [1.29, 1.82) is 0 Å². The molecule has 0 radical (unpaired) electrons. The summed E-state index contributed by atoms with van der Waals surface area (Å²) in [6.07, 6.45) is 9.54. The van der Waals surface area contributed by atoms with Crippen LogP contribution in [-0.4, -0.2) is 6.61 Å². The molecular weight excluding hydrogens is 287 g/mol. The molecule has 1 aromatic carbocycles. The third-order valence-corrected chi connectivity index (χ3v) is 4.36. The van der Waals surface area contributed by atoms with Gasteiger partial charge < -0.3 is 4.74 Å². The molecule has 3 heteroatoms. The van der Waals surface area contributed by atoms with Crippen LogP contribution in [0.25, 0.3) is 5.57 Å². The molecule has 0 saturated heterocycles. The summed E-state index contributed by atoms with van der Waals surface area (Å²) >= 11 is 6.18. The number of rotatable bonds is 6. The SMILES string of the molecule is C=CCCC1CC=C(c2ccc(OCC)c(F)c2Cl)CC1. The van der Waals surface area contributed by atoms with E-state index in [1.165, 1.54) is 6.42 Å². The molecule has 0 bridgehead atoms. The van der Waals surface area contributed by atoms with Crippen LogP contribution >= 0.6 is 11.6 Å². The van der Waals surface area contributed by atoms with E-state index >= 15 is 0 Å². The second-order valence-electron chi connectivity index (χ2n) is 5.41. The summed E-state index contributed by atoms with van der Waals surface area (Å²) in [6, 6.07) is 3.54. The molecule has 1 aliphatic carbocycles. The molecule has 1 nitrogen and oxygen atoms in total. The first kappa shape index (κ1) is 16.1. The molecular formula is C18H22ClFO. The van der Waals surface area contributed by atoms with E-state index in [0.29, 0.717) is 12.5 Å². The van der Waals surface area contributed by atoms with Crippen molar-refractivity contribution < 1.29 is 9.13 Å². The van der Waals surface area contributed by atoms with Crippen LogP contribution in [0.5, 0.6) is 5.75 Å². The van der Waals surface area contributed by atoms with E-state index in [-0.39, 0.29) is 10.8 Å². The van der Waals surface area contributed by atoms with Crippen LogP contribution in [0.4, 0.5) is 4.39 Å². The highest BCUT2D eigenvalue weighted by molar-refractivity contribution is 6.32.